The van der Waals surface area contributed by atoms with Crippen molar-refractivity contribution in [3.05, 3.63) is 34.6 Å². The summed E-state index contributed by atoms with van der Waals surface area (Å²) in [5.74, 6) is -11.4. The number of oxime groups is 1. The van der Waals surface area contributed by atoms with Crippen LogP contribution in [0.25, 0.3) is 0 Å². The fourth-order valence-corrected chi connectivity index (χ4v) is 0.999. The molecule has 0 fully saturated rings. The predicted molar refractivity (Wildman–Crippen MR) is 59.4 cm³/mol. The first kappa shape index (κ1) is 16.1. The zero-order valence-electron chi connectivity index (χ0n) is 10.7. The van der Waals surface area contributed by atoms with Gasteiger partial charge < -0.3 is 4.84 Å². The van der Waals surface area contributed by atoms with Gasteiger partial charge in [0.2, 0.25) is 5.82 Å². The van der Waals surface area contributed by atoms with Crippen molar-refractivity contribution < 1.29 is 31.6 Å². The van der Waals surface area contributed by atoms with E-state index in [1.165, 1.54) is 20.8 Å². The van der Waals surface area contributed by atoms with E-state index in [9.17, 15) is 26.7 Å². The number of halogens is 5. The fourth-order valence-electron chi connectivity index (χ4n) is 0.999. The first-order valence-electron chi connectivity index (χ1n) is 5.33. The Morgan fingerprint density at radius 3 is 1.75 bits per heavy atom. The Hall–Kier alpha value is -1.99. The molecule has 1 rings (SSSR count). The van der Waals surface area contributed by atoms with E-state index in [1.807, 2.05) is 0 Å². The first-order chi connectivity index (χ1) is 9.07. The standard InChI is InChI=1S/C12H10F5NO2/c1-12(2,3)11(19)20-18-4-5-6(13)8(15)10(17)9(16)7(5)14/h4H,1-3H3/b18-4-. The number of hydrogen-bond acceptors (Lipinski definition) is 3. The van der Waals surface area contributed by atoms with E-state index < -0.39 is 46.0 Å². The Morgan fingerprint density at radius 1 is 0.950 bits per heavy atom. The van der Waals surface area contributed by atoms with E-state index in [4.69, 9.17) is 0 Å². The van der Waals surface area contributed by atoms with Gasteiger partial charge in [0.05, 0.1) is 17.2 Å². The molecule has 3 nitrogen and oxygen atoms in total. The molecule has 8 heteroatoms. The lowest BCUT2D eigenvalue weighted by molar-refractivity contribution is -0.152. The molecule has 0 saturated carbocycles. The second-order valence-electron chi connectivity index (χ2n) is 4.85. The van der Waals surface area contributed by atoms with Gasteiger partial charge in [-0.3, -0.25) is 0 Å². The molecule has 0 radical (unpaired) electrons. The van der Waals surface area contributed by atoms with Crippen LogP contribution in [-0.4, -0.2) is 12.2 Å². The molecule has 0 aliphatic rings. The van der Waals surface area contributed by atoms with Gasteiger partial charge in [-0.2, -0.15) is 0 Å². The van der Waals surface area contributed by atoms with Gasteiger partial charge in [0, 0.05) is 0 Å². The van der Waals surface area contributed by atoms with Gasteiger partial charge in [-0.1, -0.05) is 5.16 Å². The van der Waals surface area contributed by atoms with Crippen LogP contribution in [0.3, 0.4) is 0 Å². The number of carbonyl (C=O) groups is 1. The minimum absolute atomic E-state index is 0.250. The molecular weight excluding hydrogens is 285 g/mol. The van der Waals surface area contributed by atoms with Crippen LogP contribution < -0.4 is 0 Å². The SMILES string of the molecule is CC(C)(C)C(=O)O/N=C\c1c(F)c(F)c(F)c(F)c1F. The van der Waals surface area contributed by atoms with Crippen LogP contribution in [0, 0.1) is 34.5 Å². The van der Waals surface area contributed by atoms with E-state index in [0.717, 1.165) is 0 Å². The Bertz CT molecular complexity index is 549. The zero-order chi connectivity index (χ0) is 15.7. The molecule has 0 unspecified atom stereocenters. The van der Waals surface area contributed by atoms with Gasteiger partial charge in [0.1, 0.15) is 0 Å². The number of benzene rings is 1. The van der Waals surface area contributed by atoms with Crippen LogP contribution in [0.1, 0.15) is 26.3 Å². The normalized spacial score (nSPS) is 12.0. The zero-order valence-corrected chi connectivity index (χ0v) is 10.7. The molecule has 0 N–H and O–H groups in total. The average Bonchev–Trinajstić information content (AvgIpc) is 2.36. The maximum Gasteiger partial charge on any atom is 0.340 e. The van der Waals surface area contributed by atoms with Crippen LogP contribution in [0.4, 0.5) is 22.0 Å². The summed E-state index contributed by atoms with van der Waals surface area (Å²) in [5.41, 5.74) is -2.23. The Kier molecular flexibility index (Phi) is 4.46. The molecule has 0 heterocycles. The van der Waals surface area contributed by atoms with Crippen molar-refractivity contribution >= 4 is 12.2 Å². The molecule has 20 heavy (non-hydrogen) atoms. The first-order valence-corrected chi connectivity index (χ1v) is 5.33. The predicted octanol–water partition coefficient (Wildman–Crippen LogP) is 3.31. The molecule has 0 saturated heterocycles. The van der Waals surface area contributed by atoms with Gasteiger partial charge in [-0.25, -0.2) is 26.7 Å². The summed E-state index contributed by atoms with van der Waals surface area (Å²) in [6.45, 7) is 4.47. The lowest BCUT2D eigenvalue weighted by Gasteiger charge is -2.12. The summed E-state index contributed by atoms with van der Waals surface area (Å²) in [6.07, 6.45) is 0.250. The van der Waals surface area contributed by atoms with Gasteiger partial charge in [-0.05, 0) is 20.8 Å². The molecule has 0 aromatic heterocycles. The minimum atomic E-state index is -2.27. The molecular formula is C12H10F5NO2. The molecule has 1 aromatic rings. The van der Waals surface area contributed by atoms with Gasteiger partial charge in [-0.15, -0.1) is 0 Å². The molecule has 110 valence electrons. The average molecular weight is 295 g/mol. The summed E-state index contributed by atoms with van der Waals surface area (Å²) in [4.78, 5) is 15.6. The Labute approximate surface area is 111 Å². The van der Waals surface area contributed by atoms with E-state index in [0.29, 0.717) is 0 Å². The van der Waals surface area contributed by atoms with Crippen molar-refractivity contribution in [1.82, 2.24) is 0 Å². The topological polar surface area (TPSA) is 38.7 Å². The third-order valence-electron chi connectivity index (χ3n) is 2.17. The third kappa shape index (κ3) is 3.12. The van der Waals surface area contributed by atoms with Crippen LogP contribution in [0.15, 0.2) is 5.16 Å². The van der Waals surface area contributed by atoms with Crippen LogP contribution in [0.5, 0.6) is 0 Å². The van der Waals surface area contributed by atoms with Gasteiger partial charge in [0.15, 0.2) is 23.3 Å². The van der Waals surface area contributed by atoms with E-state index >= 15 is 0 Å². The highest BCUT2D eigenvalue weighted by Crippen LogP contribution is 2.22. The smallest absolute Gasteiger partial charge is 0.318 e. The van der Waals surface area contributed by atoms with Crippen molar-refractivity contribution in [2.75, 3.05) is 0 Å². The van der Waals surface area contributed by atoms with Crippen LogP contribution >= 0.6 is 0 Å². The number of hydrogen-bond donors (Lipinski definition) is 0. The highest BCUT2D eigenvalue weighted by atomic mass is 19.2. The van der Waals surface area contributed by atoms with E-state index in [-0.39, 0.29) is 6.21 Å². The quantitative estimate of drug-likeness (QED) is 0.210. The molecule has 0 aliphatic carbocycles. The highest BCUT2D eigenvalue weighted by molar-refractivity contribution is 5.81. The maximum absolute atomic E-state index is 13.2. The van der Waals surface area contributed by atoms with Crippen LogP contribution in [-0.2, 0) is 9.63 Å². The molecule has 1 aromatic carbocycles. The molecule has 0 amide bonds. The Morgan fingerprint density at radius 2 is 1.35 bits per heavy atom. The van der Waals surface area contributed by atoms with Crippen molar-refractivity contribution in [3.8, 4) is 0 Å². The summed E-state index contributed by atoms with van der Waals surface area (Å²) in [5, 5.41) is 2.93. The van der Waals surface area contributed by atoms with E-state index in [1.54, 1.807) is 0 Å². The van der Waals surface area contributed by atoms with Gasteiger partial charge in [0.25, 0.3) is 0 Å². The minimum Gasteiger partial charge on any atom is -0.318 e. The fraction of sp³-hybridized carbons (Fsp3) is 0.333. The van der Waals surface area contributed by atoms with E-state index in [2.05, 4.69) is 9.99 Å². The summed E-state index contributed by atoms with van der Waals surface area (Å²) in [7, 11) is 0. The summed E-state index contributed by atoms with van der Waals surface area (Å²) >= 11 is 0. The lowest BCUT2D eigenvalue weighted by atomic mass is 9.98. The Balaban J connectivity index is 3.08. The molecule has 0 aliphatic heterocycles. The van der Waals surface area contributed by atoms with Crippen molar-refractivity contribution in [1.29, 1.82) is 0 Å². The largest absolute Gasteiger partial charge is 0.340 e. The van der Waals surface area contributed by atoms with Crippen LogP contribution in [0.2, 0.25) is 0 Å². The van der Waals surface area contributed by atoms with Crippen molar-refractivity contribution in [2.24, 2.45) is 10.6 Å². The number of carbonyl (C=O) groups excluding carboxylic acids is 1. The number of rotatable bonds is 2. The summed E-state index contributed by atoms with van der Waals surface area (Å²) in [6, 6.07) is 0. The highest BCUT2D eigenvalue weighted by Gasteiger charge is 2.26. The monoisotopic (exact) mass is 295 g/mol. The van der Waals surface area contributed by atoms with Crippen molar-refractivity contribution in [3.63, 3.8) is 0 Å². The molecule has 0 spiro atoms. The second-order valence-corrected chi connectivity index (χ2v) is 4.85. The maximum atomic E-state index is 13.2. The third-order valence-corrected chi connectivity index (χ3v) is 2.17. The summed E-state index contributed by atoms with van der Waals surface area (Å²) < 4.78 is 64.9. The second kappa shape index (κ2) is 5.56. The number of nitrogens with zero attached hydrogens (tertiary/aromatic N) is 1. The molecule has 0 atom stereocenters. The van der Waals surface area contributed by atoms with Gasteiger partial charge >= 0.3 is 5.97 Å². The lowest BCUT2D eigenvalue weighted by Crippen LogP contribution is -2.21. The molecule has 0 bridgehead atoms. The van der Waals surface area contributed by atoms with Crippen molar-refractivity contribution in [2.45, 2.75) is 20.8 Å².